The zero-order valence-electron chi connectivity index (χ0n) is 15.3. The number of aryl methyl sites for hydroxylation is 2. The van der Waals surface area contributed by atoms with Gasteiger partial charge in [0.2, 0.25) is 5.95 Å². The van der Waals surface area contributed by atoms with E-state index in [1.807, 2.05) is 31.2 Å². The van der Waals surface area contributed by atoms with Crippen molar-refractivity contribution < 1.29 is 9.47 Å². The maximum absolute atomic E-state index is 6.10. The third-order valence-electron chi connectivity index (χ3n) is 4.01. The van der Waals surface area contributed by atoms with Crippen LogP contribution in [0.4, 0.5) is 5.95 Å². The monoisotopic (exact) mass is 353 g/mol. The minimum absolute atomic E-state index is 0.474. The van der Waals surface area contributed by atoms with Gasteiger partial charge in [0.05, 0.1) is 7.11 Å². The van der Waals surface area contributed by atoms with Gasteiger partial charge in [0.25, 0.3) is 0 Å². The molecule has 26 heavy (non-hydrogen) atoms. The number of hydrogen-bond donors (Lipinski definition) is 1. The molecular formula is C19H23N5O2. The number of para-hydroxylation sites is 1. The highest BCUT2D eigenvalue weighted by atomic mass is 16.5. The Morgan fingerprint density at radius 2 is 2.00 bits per heavy atom. The first-order chi connectivity index (χ1) is 12.7. The van der Waals surface area contributed by atoms with Crippen molar-refractivity contribution >= 4 is 5.95 Å². The minimum Gasteiger partial charge on any atom is -0.493 e. The molecule has 0 saturated heterocycles. The summed E-state index contributed by atoms with van der Waals surface area (Å²) in [5.41, 5.74) is 3.30. The highest BCUT2D eigenvalue weighted by Crippen LogP contribution is 2.32. The second-order valence-electron chi connectivity index (χ2n) is 5.90. The van der Waals surface area contributed by atoms with Crippen LogP contribution in [0.15, 0.2) is 42.5 Å². The number of ether oxygens (including phenoxy) is 2. The first-order valence-electron chi connectivity index (χ1n) is 8.55. The van der Waals surface area contributed by atoms with Gasteiger partial charge in [-0.3, -0.25) is 0 Å². The van der Waals surface area contributed by atoms with Crippen LogP contribution in [0.3, 0.4) is 0 Å². The number of anilines is 1. The molecular weight excluding hydrogens is 330 g/mol. The van der Waals surface area contributed by atoms with Crippen molar-refractivity contribution in [2.75, 3.05) is 12.4 Å². The minimum atomic E-state index is 0.474. The number of methoxy groups -OCH3 is 1. The van der Waals surface area contributed by atoms with Gasteiger partial charge in [0.1, 0.15) is 6.61 Å². The van der Waals surface area contributed by atoms with Gasteiger partial charge in [-0.1, -0.05) is 47.1 Å². The van der Waals surface area contributed by atoms with E-state index in [9.17, 15) is 0 Å². The van der Waals surface area contributed by atoms with E-state index in [0.717, 1.165) is 16.9 Å². The number of hydrogen-bond acceptors (Lipinski definition) is 6. The summed E-state index contributed by atoms with van der Waals surface area (Å²) in [6.45, 7) is 5.76. The van der Waals surface area contributed by atoms with Gasteiger partial charge in [-0.25, -0.2) is 4.68 Å². The highest BCUT2D eigenvalue weighted by Gasteiger charge is 2.12. The maximum Gasteiger partial charge on any atom is 0.243 e. The molecule has 0 amide bonds. The van der Waals surface area contributed by atoms with Gasteiger partial charge < -0.3 is 14.8 Å². The molecule has 3 rings (SSSR count). The fourth-order valence-electron chi connectivity index (χ4n) is 2.70. The van der Waals surface area contributed by atoms with Crippen molar-refractivity contribution in [3.05, 3.63) is 59.2 Å². The van der Waals surface area contributed by atoms with Gasteiger partial charge in [-0.05, 0) is 35.9 Å². The van der Waals surface area contributed by atoms with E-state index in [-0.39, 0.29) is 0 Å². The van der Waals surface area contributed by atoms with E-state index in [0.29, 0.717) is 31.4 Å². The lowest BCUT2D eigenvalue weighted by atomic mass is 10.1. The Hall–Kier alpha value is -3.09. The second-order valence-corrected chi connectivity index (χ2v) is 5.90. The molecule has 0 atom stereocenters. The summed E-state index contributed by atoms with van der Waals surface area (Å²) in [5, 5.41) is 14.9. The molecule has 0 unspecified atom stereocenters. The third-order valence-corrected chi connectivity index (χ3v) is 4.01. The molecule has 0 bridgehead atoms. The summed E-state index contributed by atoms with van der Waals surface area (Å²) >= 11 is 0. The van der Waals surface area contributed by atoms with E-state index >= 15 is 0 Å². The van der Waals surface area contributed by atoms with Crippen molar-refractivity contribution in [3.63, 3.8) is 0 Å². The van der Waals surface area contributed by atoms with Crippen molar-refractivity contribution in [2.45, 2.75) is 33.5 Å². The number of nitrogens with zero attached hydrogens (tertiary/aromatic N) is 4. The average molecular weight is 353 g/mol. The van der Waals surface area contributed by atoms with Crippen molar-refractivity contribution in [1.29, 1.82) is 0 Å². The van der Waals surface area contributed by atoms with E-state index in [4.69, 9.17) is 9.47 Å². The fourth-order valence-corrected chi connectivity index (χ4v) is 2.70. The van der Waals surface area contributed by atoms with Crippen LogP contribution in [0.1, 0.15) is 23.6 Å². The van der Waals surface area contributed by atoms with Crippen molar-refractivity contribution in [3.8, 4) is 11.5 Å². The lowest BCUT2D eigenvalue weighted by Gasteiger charge is -2.16. The molecule has 136 valence electrons. The number of aromatic nitrogens is 4. The molecule has 0 spiro atoms. The van der Waals surface area contributed by atoms with Crippen LogP contribution in [0.5, 0.6) is 11.5 Å². The molecule has 2 aromatic carbocycles. The Labute approximate surface area is 152 Å². The van der Waals surface area contributed by atoms with E-state index in [2.05, 4.69) is 46.0 Å². The molecule has 7 heteroatoms. The zero-order chi connectivity index (χ0) is 18.4. The van der Waals surface area contributed by atoms with Gasteiger partial charge in [-0.15, -0.1) is 0 Å². The lowest BCUT2D eigenvalue weighted by Crippen LogP contribution is -2.09. The first-order valence-corrected chi connectivity index (χ1v) is 8.55. The predicted molar refractivity (Wildman–Crippen MR) is 99.3 cm³/mol. The summed E-state index contributed by atoms with van der Waals surface area (Å²) in [5.74, 6) is 2.05. The van der Waals surface area contributed by atoms with Crippen LogP contribution >= 0.6 is 0 Å². The Bertz CT molecular complexity index is 863. The first kappa shape index (κ1) is 17.7. The maximum atomic E-state index is 6.10. The zero-order valence-corrected chi connectivity index (χ0v) is 15.3. The van der Waals surface area contributed by atoms with E-state index in [1.54, 1.807) is 11.8 Å². The third kappa shape index (κ3) is 4.11. The number of tetrazole rings is 1. The standard InChI is InChI=1S/C19H23N5O2/c1-4-24-19(21-22-23-24)20-12-16-9-6-10-17(25-3)18(16)26-13-15-8-5-7-14(2)11-15/h5-11H,4,12-13H2,1-3H3,(H,20,21,23). The molecule has 1 heterocycles. The van der Waals surface area contributed by atoms with Gasteiger partial charge in [0, 0.05) is 18.7 Å². The molecule has 0 fully saturated rings. The lowest BCUT2D eigenvalue weighted by molar-refractivity contribution is 0.281. The number of benzene rings is 2. The summed E-state index contributed by atoms with van der Waals surface area (Å²) < 4.78 is 13.3. The van der Waals surface area contributed by atoms with E-state index < -0.39 is 0 Å². The van der Waals surface area contributed by atoms with Crippen LogP contribution in [0.2, 0.25) is 0 Å². The van der Waals surface area contributed by atoms with Crippen LogP contribution < -0.4 is 14.8 Å². The summed E-state index contributed by atoms with van der Waals surface area (Å²) in [4.78, 5) is 0. The molecule has 1 aromatic heterocycles. The molecule has 3 aromatic rings. The van der Waals surface area contributed by atoms with Gasteiger partial charge >= 0.3 is 0 Å². The van der Waals surface area contributed by atoms with Crippen molar-refractivity contribution in [1.82, 2.24) is 20.2 Å². The van der Waals surface area contributed by atoms with Crippen molar-refractivity contribution in [2.24, 2.45) is 0 Å². The fraction of sp³-hybridized carbons (Fsp3) is 0.316. The topological polar surface area (TPSA) is 74.1 Å². The second kappa shape index (κ2) is 8.33. The molecule has 1 N–H and O–H groups in total. The van der Waals surface area contributed by atoms with Gasteiger partial charge in [-0.2, -0.15) is 0 Å². The molecule has 7 nitrogen and oxygen atoms in total. The Kier molecular flexibility index (Phi) is 5.68. The molecule has 0 aliphatic rings. The molecule has 0 aliphatic carbocycles. The average Bonchev–Trinajstić information content (AvgIpc) is 3.12. The van der Waals surface area contributed by atoms with E-state index in [1.165, 1.54) is 5.56 Å². The smallest absolute Gasteiger partial charge is 0.243 e. The van der Waals surface area contributed by atoms with Crippen LogP contribution in [-0.2, 0) is 19.7 Å². The summed E-state index contributed by atoms with van der Waals surface area (Å²) in [7, 11) is 1.64. The van der Waals surface area contributed by atoms with Gasteiger partial charge in [0.15, 0.2) is 11.5 Å². The highest BCUT2D eigenvalue weighted by molar-refractivity contribution is 5.48. The summed E-state index contributed by atoms with van der Waals surface area (Å²) in [6.07, 6.45) is 0. The molecule has 0 saturated carbocycles. The van der Waals surface area contributed by atoms with Crippen LogP contribution in [-0.4, -0.2) is 27.3 Å². The number of nitrogens with one attached hydrogen (secondary N) is 1. The number of rotatable bonds is 8. The predicted octanol–water partition coefficient (Wildman–Crippen LogP) is 3.20. The quantitative estimate of drug-likeness (QED) is 0.670. The summed E-state index contributed by atoms with van der Waals surface area (Å²) in [6, 6.07) is 14.1. The van der Waals surface area contributed by atoms with Crippen LogP contribution in [0, 0.1) is 6.92 Å². The van der Waals surface area contributed by atoms with Crippen LogP contribution in [0.25, 0.3) is 0 Å². The SMILES string of the molecule is CCn1nnnc1NCc1cccc(OC)c1OCc1cccc(C)c1. The molecule has 0 aliphatic heterocycles. The Balaban J connectivity index is 1.77. The normalized spacial score (nSPS) is 10.6. The largest absolute Gasteiger partial charge is 0.493 e. The Morgan fingerprint density at radius 1 is 1.15 bits per heavy atom. The molecule has 0 radical (unpaired) electrons. The Morgan fingerprint density at radius 3 is 2.77 bits per heavy atom.